The Morgan fingerprint density at radius 3 is 2.80 bits per heavy atom. The summed E-state index contributed by atoms with van der Waals surface area (Å²) in [5.41, 5.74) is 0.659. The highest BCUT2D eigenvalue weighted by atomic mass is 32.2. The summed E-state index contributed by atoms with van der Waals surface area (Å²) in [5, 5.41) is 18.2. The van der Waals surface area contributed by atoms with Gasteiger partial charge in [0.25, 0.3) is 0 Å². The van der Waals surface area contributed by atoms with Gasteiger partial charge in [0.1, 0.15) is 11.1 Å². The number of amidine groups is 1. The molecule has 1 aromatic rings. The monoisotopic (exact) mass is 295 g/mol. The summed E-state index contributed by atoms with van der Waals surface area (Å²) in [5.74, 6) is -1.79. The number of carbonyl (C=O) groups is 2. The lowest BCUT2D eigenvalue weighted by molar-refractivity contribution is -0.138. The van der Waals surface area contributed by atoms with Crippen molar-refractivity contribution < 1.29 is 19.1 Å². The smallest absolute Gasteiger partial charge is 0.305 e. The number of nitrogens with zero attached hydrogens (tertiary/aromatic N) is 2. The van der Waals surface area contributed by atoms with Gasteiger partial charge in [0.05, 0.1) is 12.6 Å². The second-order valence-electron chi connectivity index (χ2n) is 3.89. The van der Waals surface area contributed by atoms with E-state index in [9.17, 15) is 14.0 Å². The van der Waals surface area contributed by atoms with E-state index in [0.29, 0.717) is 5.56 Å². The van der Waals surface area contributed by atoms with Crippen molar-refractivity contribution in [2.45, 2.75) is 11.7 Å². The molecule has 1 fully saturated rings. The summed E-state index contributed by atoms with van der Waals surface area (Å²) in [4.78, 5) is 22.0. The molecule has 1 atom stereocenters. The molecule has 20 heavy (non-hydrogen) atoms. The van der Waals surface area contributed by atoms with E-state index in [-0.39, 0.29) is 17.4 Å². The second-order valence-corrected chi connectivity index (χ2v) is 5.09. The summed E-state index contributed by atoms with van der Waals surface area (Å²) in [6.45, 7) is 0. The van der Waals surface area contributed by atoms with Crippen molar-refractivity contribution in [2.24, 2.45) is 10.2 Å². The third-order valence-electron chi connectivity index (χ3n) is 2.36. The van der Waals surface area contributed by atoms with Gasteiger partial charge >= 0.3 is 5.97 Å². The lowest BCUT2D eigenvalue weighted by Gasteiger charge is -1.97. The Hall–Kier alpha value is -2.22. The Morgan fingerprint density at radius 2 is 2.15 bits per heavy atom. The first-order valence-corrected chi connectivity index (χ1v) is 6.48. The third kappa shape index (κ3) is 3.89. The molecule has 104 valence electrons. The van der Waals surface area contributed by atoms with Crippen molar-refractivity contribution in [3.05, 3.63) is 35.6 Å². The zero-order valence-corrected chi connectivity index (χ0v) is 10.9. The summed E-state index contributed by atoms with van der Waals surface area (Å²) < 4.78 is 12.7. The SMILES string of the molecule is O=C(O)C[C@H]1S/C(=N/N=C\c2ccc(F)cc2)NC1=O. The molecule has 0 unspecified atom stereocenters. The fourth-order valence-electron chi connectivity index (χ4n) is 1.44. The molecular weight excluding hydrogens is 285 g/mol. The molecule has 0 aliphatic carbocycles. The Morgan fingerprint density at radius 1 is 1.45 bits per heavy atom. The highest BCUT2D eigenvalue weighted by Crippen LogP contribution is 2.22. The number of aliphatic carboxylic acids is 1. The van der Waals surface area contributed by atoms with E-state index in [1.807, 2.05) is 0 Å². The van der Waals surface area contributed by atoms with Gasteiger partial charge in [-0.25, -0.2) is 4.39 Å². The number of rotatable bonds is 4. The van der Waals surface area contributed by atoms with E-state index < -0.39 is 17.1 Å². The molecule has 0 spiro atoms. The number of thioether (sulfide) groups is 1. The first-order chi connectivity index (χ1) is 9.54. The van der Waals surface area contributed by atoms with Gasteiger partial charge < -0.3 is 10.4 Å². The van der Waals surface area contributed by atoms with Crippen molar-refractivity contribution in [2.75, 3.05) is 0 Å². The van der Waals surface area contributed by atoms with E-state index >= 15 is 0 Å². The summed E-state index contributed by atoms with van der Waals surface area (Å²) in [6.07, 6.45) is 1.14. The number of carboxylic acid groups (broad SMARTS) is 1. The Labute approximate surface area is 117 Å². The number of halogens is 1. The van der Waals surface area contributed by atoms with Crippen molar-refractivity contribution >= 4 is 35.0 Å². The average Bonchev–Trinajstić information content (AvgIpc) is 2.72. The van der Waals surface area contributed by atoms with Crippen LogP contribution in [-0.2, 0) is 9.59 Å². The van der Waals surface area contributed by atoms with Crippen molar-refractivity contribution in [1.29, 1.82) is 0 Å². The second kappa shape index (κ2) is 6.29. The quantitative estimate of drug-likeness (QED) is 0.645. The molecule has 2 N–H and O–H groups in total. The molecule has 1 aromatic carbocycles. The van der Waals surface area contributed by atoms with E-state index in [4.69, 9.17) is 5.11 Å². The lowest BCUT2D eigenvalue weighted by Crippen LogP contribution is -2.26. The minimum absolute atomic E-state index is 0.250. The van der Waals surface area contributed by atoms with Gasteiger partial charge in [0, 0.05) is 0 Å². The van der Waals surface area contributed by atoms with Crippen LogP contribution in [0, 0.1) is 5.82 Å². The number of nitrogens with one attached hydrogen (secondary N) is 1. The number of hydrogen-bond acceptors (Lipinski definition) is 5. The number of hydrogen-bond donors (Lipinski definition) is 2. The van der Waals surface area contributed by atoms with Crippen molar-refractivity contribution in [1.82, 2.24) is 5.32 Å². The van der Waals surface area contributed by atoms with E-state index in [1.165, 1.54) is 30.5 Å². The molecule has 0 aromatic heterocycles. The fraction of sp³-hybridized carbons (Fsp3) is 0.167. The largest absolute Gasteiger partial charge is 0.481 e. The van der Waals surface area contributed by atoms with Crippen LogP contribution in [0.15, 0.2) is 34.5 Å². The summed E-state index contributed by atoms with van der Waals surface area (Å²) >= 11 is 1.02. The van der Waals surface area contributed by atoms with Gasteiger partial charge in [-0.05, 0) is 17.7 Å². The maximum Gasteiger partial charge on any atom is 0.305 e. The fourth-order valence-corrected chi connectivity index (χ4v) is 2.36. The molecule has 0 bridgehead atoms. The third-order valence-corrected chi connectivity index (χ3v) is 3.43. The van der Waals surface area contributed by atoms with E-state index in [1.54, 1.807) is 0 Å². The first-order valence-electron chi connectivity index (χ1n) is 5.60. The van der Waals surface area contributed by atoms with E-state index in [0.717, 1.165) is 11.8 Å². The average molecular weight is 295 g/mol. The van der Waals surface area contributed by atoms with Crippen LogP contribution in [0.1, 0.15) is 12.0 Å². The molecule has 2 rings (SSSR count). The molecule has 1 heterocycles. The van der Waals surface area contributed by atoms with Gasteiger partial charge in [-0.1, -0.05) is 23.9 Å². The topological polar surface area (TPSA) is 91.1 Å². The predicted molar refractivity (Wildman–Crippen MR) is 73.2 cm³/mol. The standard InChI is InChI=1S/C12H10FN3O3S/c13-8-3-1-7(2-4-8)6-14-16-12-15-11(19)9(20-12)5-10(17)18/h1-4,6,9H,5H2,(H,17,18)(H,15,16,19)/b14-6-/t9-/m1/s1. The molecule has 0 radical (unpaired) electrons. The molecule has 1 aliphatic heterocycles. The predicted octanol–water partition coefficient (Wildman–Crippen LogP) is 1.22. The van der Waals surface area contributed by atoms with Crippen LogP contribution in [-0.4, -0.2) is 33.6 Å². The van der Waals surface area contributed by atoms with Gasteiger partial charge in [-0.2, -0.15) is 5.10 Å². The van der Waals surface area contributed by atoms with E-state index in [2.05, 4.69) is 15.5 Å². The number of carbonyl (C=O) groups excluding carboxylic acids is 1. The number of carboxylic acids is 1. The van der Waals surface area contributed by atoms with Crippen LogP contribution in [0.5, 0.6) is 0 Å². The van der Waals surface area contributed by atoms with Crippen LogP contribution in [0.25, 0.3) is 0 Å². The minimum Gasteiger partial charge on any atom is -0.481 e. The summed E-state index contributed by atoms with van der Waals surface area (Å²) in [6, 6.07) is 5.66. The molecule has 1 amide bonds. The maximum absolute atomic E-state index is 12.7. The molecule has 1 saturated heterocycles. The highest BCUT2D eigenvalue weighted by molar-refractivity contribution is 8.15. The highest BCUT2D eigenvalue weighted by Gasteiger charge is 2.32. The molecule has 0 saturated carbocycles. The van der Waals surface area contributed by atoms with Crippen LogP contribution in [0.2, 0.25) is 0 Å². The zero-order valence-electron chi connectivity index (χ0n) is 10.1. The van der Waals surface area contributed by atoms with Gasteiger partial charge in [-0.3, -0.25) is 9.59 Å². The van der Waals surface area contributed by atoms with Gasteiger partial charge in [0.2, 0.25) is 5.91 Å². The normalized spacial score (nSPS) is 20.6. The molecule has 1 aliphatic rings. The molecule has 6 nitrogen and oxygen atoms in total. The van der Waals surface area contributed by atoms with Gasteiger partial charge in [-0.15, -0.1) is 5.10 Å². The molecule has 8 heteroatoms. The Balaban J connectivity index is 1.97. The minimum atomic E-state index is -1.05. The van der Waals surface area contributed by atoms with Crippen molar-refractivity contribution in [3.8, 4) is 0 Å². The Kier molecular flexibility index (Phi) is 4.46. The maximum atomic E-state index is 12.7. The number of amides is 1. The lowest BCUT2D eigenvalue weighted by atomic mass is 10.2. The first kappa shape index (κ1) is 14.2. The van der Waals surface area contributed by atoms with Crippen LogP contribution >= 0.6 is 11.8 Å². The Bertz CT molecular complexity index is 586. The zero-order chi connectivity index (χ0) is 14.5. The number of benzene rings is 1. The van der Waals surface area contributed by atoms with Gasteiger partial charge in [0.15, 0.2) is 5.17 Å². The van der Waals surface area contributed by atoms with Crippen LogP contribution in [0.4, 0.5) is 4.39 Å². The molecular formula is C12H10FN3O3S. The van der Waals surface area contributed by atoms with Crippen LogP contribution < -0.4 is 5.32 Å². The summed E-state index contributed by atoms with van der Waals surface area (Å²) in [7, 11) is 0. The van der Waals surface area contributed by atoms with Crippen molar-refractivity contribution in [3.63, 3.8) is 0 Å². The van der Waals surface area contributed by atoms with Crippen LogP contribution in [0.3, 0.4) is 0 Å².